The molecule has 5 nitrogen and oxygen atoms in total. The Morgan fingerprint density at radius 3 is 2.90 bits per heavy atom. The molecule has 0 spiro atoms. The minimum Gasteiger partial charge on any atom is -0.376 e. The van der Waals surface area contributed by atoms with E-state index in [0.717, 1.165) is 11.1 Å². The second kappa shape index (κ2) is 6.16. The van der Waals surface area contributed by atoms with E-state index in [4.69, 9.17) is 22.7 Å². The average Bonchev–Trinajstić information content (AvgIpc) is 2.45. The normalized spacial score (nSPS) is 10.1. The maximum Gasteiger partial charge on any atom is 0.236 e. The number of nitrogens with one attached hydrogen (secondary N) is 2. The van der Waals surface area contributed by atoms with Gasteiger partial charge in [0.15, 0.2) is 0 Å². The molecule has 1 aromatic heterocycles. The van der Waals surface area contributed by atoms with Gasteiger partial charge in [-0.25, -0.2) is 4.98 Å². The van der Waals surface area contributed by atoms with Gasteiger partial charge in [0.25, 0.3) is 0 Å². The molecule has 0 fully saturated rings. The van der Waals surface area contributed by atoms with Crippen molar-refractivity contribution < 1.29 is 4.79 Å². The lowest BCUT2D eigenvalue weighted by atomic mass is 10.0. The molecule has 0 aliphatic heterocycles. The van der Waals surface area contributed by atoms with Gasteiger partial charge in [-0.2, -0.15) is 0 Å². The molecule has 0 bridgehead atoms. The molecule has 0 saturated carbocycles. The van der Waals surface area contributed by atoms with Crippen molar-refractivity contribution in [3.63, 3.8) is 0 Å². The number of carbonyl (C=O) groups is 1. The molecular weight excluding hydrogens is 276 g/mol. The summed E-state index contributed by atoms with van der Waals surface area (Å²) < 4.78 is 0. The molecule has 1 aromatic carbocycles. The van der Waals surface area contributed by atoms with E-state index in [2.05, 4.69) is 10.3 Å². The molecule has 0 atom stereocenters. The summed E-state index contributed by atoms with van der Waals surface area (Å²) in [5, 5.41) is 10.7. The van der Waals surface area contributed by atoms with E-state index in [-0.39, 0.29) is 6.54 Å². The van der Waals surface area contributed by atoms with E-state index in [0.29, 0.717) is 16.4 Å². The lowest BCUT2D eigenvalue weighted by Gasteiger charge is -2.11. The number of hydrogen-bond acceptors (Lipinski definition) is 4. The first-order valence-electron chi connectivity index (χ1n) is 5.89. The van der Waals surface area contributed by atoms with Crippen molar-refractivity contribution in [1.29, 1.82) is 5.41 Å². The number of amides is 1. The van der Waals surface area contributed by atoms with Crippen LogP contribution in [0.5, 0.6) is 0 Å². The zero-order chi connectivity index (χ0) is 14.5. The number of pyridine rings is 1. The van der Waals surface area contributed by atoms with E-state index in [1.54, 1.807) is 18.3 Å². The van der Waals surface area contributed by atoms with Gasteiger partial charge < -0.3 is 16.5 Å². The number of primary amides is 1. The fourth-order valence-electron chi connectivity index (χ4n) is 1.79. The first-order valence-corrected chi connectivity index (χ1v) is 6.27. The fourth-order valence-corrected chi connectivity index (χ4v) is 2.01. The van der Waals surface area contributed by atoms with Gasteiger partial charge in [-0.05, 0) is 23.8 Å². The van der Waals surface area contributed by atoms with Gasteiger partial charge in [-0.1, -0.05) is 23.7 Å². The first kappa shape index (κ1) is 14.0. The molecule has 0 radical (unpaired) electrons. The third-order valence-corrected chi connectivity index (χ3v) is 3.03. The molecular formula is C14H13ClN4O. The second-order valence-electron chi connectivity index (χ2n) is 4.11. The van der Waals surface area contributed by atoms with E-state index in [9.17, 15) is 4.79 Å². The first-order chi connectivity index (χ1) is 9.61. The number of rotatable bonds is 5. The van der Waals surface area contributed by atoms with Crippen LogP contribution in [0.2, 0.25) is 5.15 Å². The molecule has 0 saturated heterocycles. The summed E-state index contributed by atoms with van der Waals surface area (Å²) in [6.07, 6.45) is 2.82. The number of nitrogens with two attached hydrogens (primary N) is 1. The highest BCUT2D eigenvalue weighted by Crippen LogP contribution is 2.29. The van der Waals surface area contributed by atoms with Crippen molar-refractivity contribution in [2.45, 2.75) is 0 Å². The lowest BCUT2D eigenvalue weighted by Crippen LogP contribution is -2.22. The Morgan fingerprint density at radius 2 is 2.25 bits per heavy atom. The summed E-state index contributed by atoms with van der Waals surface area (Å²) in [7, 11) is 0. The number of hydrogen-bond donors (Lipinski definition) is 3. The highest BCUT2D eigenvalue weighted by molar-refractivity contribution is 6.32. The summed E-state index contributed by atoms with van der Waals surface area (Å²) in [6.45, 7) is 0.00502. The predicted molar refractivity (Wildman–Crippen MR) is 80.3 cm³/mol. The monoisotopic (exact) mass is 288 g/mol. The minimum absolute atomic E-state index is 0.00502. The molecule has 4 N–H and O–H groups in total. The largest absolute Gasteiger partial charge is 0.376 e. The van der Waals surface area contributed by atoms with Crippen molar-refractivity contribution in [3.05, 3.63) is 47.2 Å². The Balaban J connectivity index is 2.41. The fraction of sp³-hybridized carbons (Fsp3) is 0.0714. The third-order valence-electron chi connectivity index (χ3n) is 2.73. The van der Waals surface area contributed by atoms with Crippen LogP contribution in [0.4, 0.5) is 5.69 Å². The number of carbonyl (C=O) groups excluding carboxylic acids is 1. The van der Waals surface area contributed by atoms with Crippen molar-refractivity contribution in [1.82, 2.24) is 4.98 Å². The summed E-state index contributed by atoms with van der Waals surface area (Å²) in [6, 6.07) is 9.08. The molecule has 1 heterocycles. The van der Waals surface area contributed by atoms with Crippen LogP contribution in [-0.4, -0.2) is 23.7 Å². The molecule has 2 rings (SSSR count). The Kier molecular flexibility index (Phi) is 4.32. The topological polar surface area (TPSA) is 91.9 Å². The summed E-state index contributed by atoms with van der Waals surface area (Å²) in [5.74, 6) is -0.467. The van der Waals surface area contributed by atoms with Gasteiger partial charge >= 0.3 is 0 Å². The molecule has 2 aromatic rings. The lowest BCUT2D eigenvalue weighted by molar-refractivity contribution is -0.116. The summed E-state index contributed by atoms with van der Waals surface area (Å²) >= 11 is 6.06. The van der Waals surface area contributed by atoms with E-state index in [1.165, 1.54) is 6.21 Å². The van der Waals surface area contributed by atoms with Crippen molar-refractivity contribution >= 4 is 29.4 Å². The van der Waals surface area contributed by atoms with Crippen LogP contribution in [0.25, 0.3) is 11.1 Å². The van der Waals surface area contributed by atoms with Gasteiger partial charge in [-0.15, -0.1) is 0 Å². The van der Waals surface area contributed by atoms with E-state index in [1.807, 2.05) is 18.2 Å². The Bertz CT molecular complexity index is 657. The molecule has 0 unspecified atom stereocenters. The zero-order valence-corrected chi connectivity index (χ0v) is 11.3. The Labute approximate surface area is 121 Å². The maximum absolute atomic E-state index is 10.9. The third kappa shape index (κ3) is 3.13. The van der Waals surface area contributed by atoms with Crippen molar-refractivity contribution in [2.75, 3.05) is 11.9 Å². The van der Waals surface area contributed by atoms with Gasteiger partial charge in [0.05, 0.1) is 6.54 Å². The maximum atomic E-state index is 10.9. The van der Waals surface area contributed by atoms with E-state index < -0.39 is 5.91 Å². The highest BCUT2D eigenvalue weighted by Gasteiger charge is 2.08. The van der Waals surface area contributed by atoms with Crippen LogP contribution in [-0.2, 0) is 4.79 Å². The van der Waals surface area contributed by atoms with Gasteiger partial charge in [0.2, 0.25) is 5.91 Å². The quantitative estimate of drug-likeness (QED) is 0.582. The highest BCUT2D eigenvalue weighted by atomic mass is 35.5. The summed E-state index contributed by atoms with van der Waals surface area (Å²) in [5.41, 5.74) is 8.06. The van der Waals surface area contributed by atoms with Gasteiger partial charge in [0, 0.05) is 29.2 Å². The van der Waals surface area contributed by atoms with Crippen molar-refractivity contribution in [2.24, 2.45) is 5.73 Å². The average molecular weight is 289 g/mol. The SMILES string of the molecule is N=Cc1ccc(-c2cccnc2Cl)cc1NCC(N)=O. The van der Waals surface area contributed by atoms with Gasteiger partial charge in [-0.3, -0.25) is 4.79 Å². The number of halogens is 1. The molecule has 0 aliphatic rings. The molecule has 0 aliphatic carbocycles. The molecule has 102 valence electrons. The number of aromatic nitrogens is 1. The standard InChI is InChI=1S/C14H13ClN4O/c15-14-11(2-1-5-18-14)9-3-4-10(7-16)12(6-9)19-8-13(17)20/h1-7,16,19H,8H2,(H2,17,20). The van der Waals surface area contributed by atoms with E-state index >= 15 is 0 Å². The smallest absolute Gasteiger partial charge is 0.236 e. The number of anilines is 1. The molecule has 6 heteroatoms. The Hall–Kier alpha value is -2.40. The van der Waals surface area contributed by atoms with Crippen LogP contribution in [0.1, 0.15) is 5.56 Å². The van der Waals surface area contributed by atoms with Crippen LogP contribution < -0.4 is 11.1 Å². The van der Waals surface area contributed by atoms with Crippen LogP contribution >= 0.6 is 11.6 Å². The second-order valence-corrected chi connectivity index (χ2v) is 4.47. The minimum atomic E-state index is -0.467. The molecule has 20 heavy (non-hydrogen) atoms. The Morgan fingerprint density at radius 1 is 1.45 bits per heavy atom. The predicted octanol–water partition coefficient (Wildman–Crippen LogP) is 2.30. The summed E-state index contributed by atoms with van der Waals surface area (Å²) in [4.78, 5) is 14.9. The van der Waals surface area contributed by atoms with Crippen LogP contribution in [0, 0.1) is 5.41 Å². The van der Waals surface area contributed by atoms with Crippen LogP contribution in [0.3, 0.4) is 0 Å². The van der Waals surface area contributed by atoms with Crippen LogP contribution in [0.15, 0.2) is 36.5 Å². The van der Waals surface area contributed by atoms with Crippen molar-refractivity contribution in [3.8, 4) is 11.1 Å². The number of benzene rings is 1. The number of nitrogens with zero attached hydrogens (tertiary/aromatic N) is 1. The zero-order valence-electron chi connectivity index (χ0n) is 10.6. The molecule has 1 amide bonds. The van der Waals surface area contributed by atoms with Gasteiger partial charge in [0.1, 0.15) is 5.15 Å².